The van der Waals surface area contributed by atoms with E-state index in [4.69, 9.17) is 9.84 Å². The molecule has 7 heteroatoms. The Balaban J connectivity index is 1.70. The fraction of sp³-hybridized carbons (Fsp3) is 0.0526. The first kappa shape index (κ1) is 17.6. The van der Waals surface area contributed by atoms with Gasteiger partial charge in [-0.1, -0.05) is 22.0 Å². The van der Waals surface area contributed by atoms with Crippen LogP contribution in [-0.4, -0.2) is 21.0 Å². The van der Waals surface area contributed by atoms with E-state index in [2.05, 4.69) is 32.0 Å². The smallest absolute Gasteiger partial charge is 0.338 e. The summed E-state index contributed by atoms with van der Waals surface area (Å²) in [7, 11) is 0. The van der Waals surface area contributed by atoms with Crippen molar-refractivity contribution in [2.75, 3.05) is 0 Å². The van der Waals surface area contributed by atoms with Crippen molar-refractivity contribution in [3.63, 3.8) is 0 Å². The summed E-state index contributed by atoms with van der Waals surface area (Å²) >= 11 is 3.34. The van der Waals surface area contributed by atoms with Gasteiger partial charge >= 0.3 is 5.97 Å². The molecule has 0 atom stereocenters. The average molecular weight is 410 g/mol. The number of ether oxygens (including phenoxy) is 1. The van der Waals surface area contributed by atoms with Crippen LogP contribution in [0.1, 0.15) is 21.5 Å². The molecule has 0 aliphatic heterocycles. The van der Waals surface area contributed by atoms with E-state index in [0.29, 0.717) is 17.1 Å². The lowest BCUT2D eigenvalue weighted by molar-refractivity contribution is 0.0696. The third-order valence-electron chi connectivity index (χ3n) is 3.60. The number of hydrogen-bond acceptors (Lipinski definition) is 5. The van der Waals surface area contributed by atoms with Crippen molar-refractivity contribution in [2.45, 2.75) is 6.61 Å². The second-order valence-corrected chi connectivity index (χ2v) is 6.24. The van der Waals surface area contributed by atoms with E-state index in [1.165, 1.54) is 12.4 Å². The summed E-state index contributed by atoms with van der Waals surface area (Å²) in [6.07, 6.45) is 2.54. The van der Waals surface area contributed by atoms with Gasteiger partial charge < -0.3 is 9.84 Å². The fourth-order valence-electron chi connectivity index (χ4n) is 2.23. The molecule has 6 nitrogen and oxygen atoms in total. The Morgan fingerprint density at radius 3 is 2.46 bits per heavy atom. The number of hydrogen-bond donors (Lipinski definition) is 1. The van der Waals surface area contributed by atoms with Crippen LogP contribution in [0.3, 0.4) is 0 Å². The van der Waals surface area contributed by atoms with E-state index in [0.717, 1.165) is 15.6 Å². The van der Waals surface area contributed by atoms with Gasteiger partial charge in [0.25, 0.3) is 0 Å². The summed E-state index contributed by atoms with van der Waals surface area (Å²) in [6, 6.07) is 14.7. The average Bonchev–Trinajstić information content (AvgIpc) is 2.67. The number of carbonyl (C=O) groups is 1. The third-order valence-corrected chi connectivity index (χ3v) is 4.09. The highest BCUT2D eigenvalue weighted by molar-refractivity contribution is 9.10. The Hall–Kier alpha value is -3.24. The van der Waals surface area contributed by atoms with Gasteiger partial charge in [-0.2, -0.15) is 5.26 Å². The molecule has 0 fully saturated rings. The first-order valence-corrected chi connectivity index (χ1v) is 8.33. The summed E-state index contributed by atoms with van der Waals surface area (Å²) in [4.78, 5) is 18.9. The number of rotatable bonds is 5. The molecule has 0 unspecified atom stereocenters. The van der Waals surface area contributed by atoms with Crippen molar-refractivity contribution in [3.8, 4) is 23.2 Å². The Labute approximate surface area is 157 Å². The topological polar surface area (TPSA) is 96.1 Å². The number of aromatic nitrogens is 2. The molecule has 0 radical (unpaired) electrons. The van der Waals surface area contributed by atoms with Gasteiger partial charge in [0, 0.05) is 28.0 Å². The maximum atomic E-state index is 10.8. The summed E-state index contributed by atoms with van der Waals surface area (Å²) in [5.74, 6) is 0.00826. The van der Waals surface area contributed by atoms with Crippen LogP contribution in [0.5, 0.6) is 5.75 Å². The Kier molecular flexibility index (Phi) is 5.25. The lowest BCUT2D eigenvalue weighted by atomic mass is 10.1. The minimum atomic E-state index is -1.06. The number of carboxylic acid groups (broad SMARTS) is 1. The van der Waals surface area contributed by atoms with Gasteiger partial charge in [-0.05, 0) is 36.4 Å². The fourth-order valence-corrected chi connectivity index (χ4v) is 2.59. The maximum absolute atomic E-state index is 10.8. The van der Waals surface area contributed by atoms with Gasteiger partial charge in [-0.25, -0.2) is 14.8 Å². The zero-order valence-electron chi connectivity index (χ0n) is 13.4. The number of nitriles is 1. The van der Waals surface area contributed by atoms with E-state index in [1.807, 2.05) is 12.1 Å². The molecule has 1 heterocycles. The molecule has 3 aromatic rings. The molecule has 0 amide bonds. The first-order valence-electron chi connectivity index (χ1n) is 7.54. The number of nitrogens with zero attached hydrogens (tertiary/aromatic N) is 3. The summed E-state index contributed by atoms with van der Waals surface area (Å²) in [6.45, 7) is 0.277. The monoisotopic (exact) mass is 409 g/mol. The van der Waals surface area contributed by atoms with Crippen LogP contribution in [-0.2, 0) is 6.61 Å². The van der Waals surface area contributed by atoms with Gasteiger partial charge in [0.1, 0.15) is 12.4 Å². The highest BCUT2D eigenvalue weighted by Gasteiger charge is 2.07. The summed E-state index contributed by atoms with van der Waals surface area (Å²) < 4.78 is 6.57. The molecule has 0 aliphatic rings. The molecule has 0 saturated carbocycles. The number of benzene rings is 2. The highest BCUT2D eigenvalue weighted by atomic mass is 79.9. The Bertz CT molecular complexity index is 980. The molecular formula is C19H12BrN3O3. The number of carboxylic acids is 1. The number of halogens is 1. The summed E-state index contributed by atoms with van der Waals surface area (Å²) in [5, 5.41) is 18.0. The van der Waals surface area contributed by atoms with E-state index in [9.17, 15) is 10.1 Å². The van der Waals surface area contributed by atoms with Crippen LogP contribution >= 0.6 is 15.9 Å². The van der Waals surface area contributed by atoms with Crippen molar-refractivity contribution in [2.24, 2.45) is 0 Å². The normalized spacial score (nSPS) is 10.2. The van der Waals surface area contributed by atoms with Crippen LogP contribution in [0.25, 0.3) is 11.4 Å². The van der Waals surface area contributed by atoms with Crippen molar-refractivity contribution >= 4 is 21.9 Å². The standard InChI is InChI=1S/C19H12BrN3O3/c20-16-4-1-13(14(7-16)8-21)11-26-17-5-2-12(3-6-17)18-22-9-15(10-23-18)19(24)25/h1-7,9-10H,11H2,(H,24,25). The molecule has 128 valence electrons. The zero-order chi connectivity index (χ0) is 18.5. The van der Waals surface area contributed by atoms with Gasteiger partial charge in [-0.3, -0.25) is 0 Å². The molecule has 1 aromatic heterocycles. The molecule has 0 aliphatic carbocycles. The van der Waals surface area contributed by atoms with Crippen LogP contribution in [0, 0.1) is 11.3 Å². The SMILES string of the molecule is N#Cc1cc(Br)ccc1COc1ccc(-c2ncc(C(=O)O)cn2)cc1. The Morgan fingerprint density at radius 2 is 1.85 bits per heavy atom. The van der Waals surface area contributed by atoms with Crippen LogP contribution in [0.2, 0.25) is 0 Å². The van der Waals surface area contributed by atoms with Gasteiger partial charge in [0.2, 0.25) is 0 Å². The van der Waals surface area contributed by atoms with Crippen molar-refractivity contribution in [3.05, 3.63) is 76.0 Å². The molecule has 2 aromatic carbocycles. The highest BCUT2D eigenvalue weighted by Crippen LogP contribution is 2.22. The second-order valence-electron chi connectivity index (χ2n) is 5.33. The Morgan fingerprint density at radius 1 is 1.15 bits per heavy atom. The molecule has 0 bridgehead atoms. The van der Waals surface area contributed by atoms with E-state index in [-0.39, 0.29) is 12.2 Å². The minimum absolute atomic E-state index is 0.0384. The van der Waals surface area contributed by atoms with Gasteiger partial charge in [0.05, 0.1) is 17.2 Å². The lowest BCUT2D eigenvalue weighted by Crippen LogP contribution is -2.00. The van der Waals surface area contributed by atoms with Gasteiger partial charge in [-0.15, -0.1) is 0 Å². The predicted molar refractivity (Wildman–Crippen MR) is 97.6 cm³/mol. The minimum Gasteiger partial charge on any atom is -0.489 e. The molecule has 0 saturated heterocycles. The van der Waals surface area contributed by atoms with Crippen LogP contribution in [0.4, 0.5) is 0 Å². The largest absolute Gasteiger partial charge is 0.489 e. The molecule has 3 rings (SSSR count). The van der Waals surface area contributed by atoms with Crippen LogP contribution < -0.4 is 4.74 Å². The maximum Gasteiger partial charge on any atom is 0.338 e. The first-order chi connectivity index (χ1) is 12.6. The van der Waals surface area contributed by atoms with E-state index in [1.54, 1.807) is 30.3 Å². The molecule has 0 spiro atoms. The van der Waals surface area contributed by atoms with Crippen molar-refractivity contribution in [1.29, 1.82) is 5.26 Å². The van der Waals surface area contributed by atoms with E-state index < -0.39 is 5.97 Å². The third kappa shape index (κ3) is 4.05. The summed E-state index contributed by atoms with van der Waals surface area (Å²) in [5.41, 5.74) is 2.14. The molecule has 1 N–H and O–H groups in total. The lowest BCUT2D eigenvalue weighted by Gasteiger charge is -2.09. The zero-order valence-corrected chi connectivity index (χ0v) is 15.0. The molecule has 26 heavy (non-hydrogen) atoms. The van der Waals surface area contributed by atoms with Crippen molar-refractivity contribution in [1.82, 2.24) is 9.97 Å². The number of aromatic carboxylic acids is 1. The van der Waals surface area contributed by atoms with Crippen molar-refractivity contribution < 1.29 is 14.6 Å². The quantitative estimate of drug-likeness (QED) is 0.682. The van der Waals surface area contributed by atoms with Gasteiger partial charge in [0.15, 0.2) is 5.82 Å². The van der Waals surface area contributed by atoms with Crippen LogP contribution in [0.15, 0.2) is 59.3 Å². The molecular weight excluding hydrogens is 398 g/mol. The second kappa shape index (κ2) is 7.76. The van der Waals surface area contributed by atoms with E-state index >= 15 is 0 Å². The predicted octanol–water partition coefficient (Wildman–Crippen LogP) is 4.05.